The fourth-order valence-electron chi connectivity index (χ4n) is 2.99. The predicted octanol–water partition coefficient (Wildman–Crippen LogP) is 3.69. The quantitative estimate of drug-likeness (QED) is 0.472. The van der Waals surface area contributed by atoms with Crippen molar-refractivity contribution in [3.8, 4) is 11.5 Å². The molecule has 0 aliphatic carbocycles. The largest absolute Gasteiger partial charge is 0.497 e. The van der Waals surface area contributed by atoms with E-state index in [1.807, 2.05) is 24.3 Å². The molecule has 0 amide bonds. The van der Waals surface area contributed by atoms with Gasteiger partial charge in [0.25, 0.3) is 0 Å². The number of Topliss-reactive ketones (excluding diaryl/α,β-unsaturated/α-hetero) is 1. The molecule has 0 atom stereocenters. The first kappa shape index (κ1) is 22.5. The lowest BCUT2D eigenvalue weighted by Crippen LogP contribution is -2.30. The zero-order valence-electron chi connectivity index (χ0n) is 17.6. The SMILES string of the molecule is COc1ccc(CN(Cc2ccc(OC)cc2)S(=O)(=O)c2ccc(C(C)=O)nc2)cc1. The molecular weight excluding hydrogens is 416 g/mol. The number of aromatic nitrogens is 1. The molecule has 0 saturated carbocycles. The van der Waals surface area contributed by atoms with Gasteiger partial charge in [0.2, 0.25) is 10.0 Å². The Balaban J connectivity index is 1.94. The van der Waals surface area contributed by atoms with Crippen LogP contribution in [0.1, 0.15) is 28.5 Å². The molecular formula is C23H24N2O5S. The van der Waals surface area contributed by atoms with Gasteiger partial charge < -0.3 is 9.47 Å². The van der Waals surface area contributed by atoms with Gasteiger partial charge in [0.1, 0.15) is 22.1 Å². The Kier molecular flexibility index (Phi) is 7.04. The molecule has 0 fully saturated rings. The number of hydrogen-bond acceptors (Lipinski definition) is 6. The molecule has 0 spiro atoms. The molecule has 0 aliphatic heterocycles. The third kappa shape index (κ3) is 5.48. The molecule has 0 N–H and O–H groups in total. The molecule has 0 saturated heterocycles. The summed E-state index contributed by atoms with van der Waals surface area (Å²) in [7, 11) is -0.721. The molecule has 2 aromatic carbocycles. The van der Waals surface area contributed by atoms with E-state index in [1.165, 1.54) is 29.6 Å². The lowest BCUT2D eigenvalue weighted by Gasteiger charge is -2.23. The molecule has 1 heterocycles. The highest BCUT2D eigenvalue weighted by Crippen LogP contribution is 2.23. The van der Waals surface area contributed by atoms with E-state index >= 15 is 0 Å². The summed E-state index contributed by atoms with van der Waals surface area (Å²) in [6.07, 6.45) is 1.22. The van der Waals surface area contributed by atoms with Crippen molar-refractivity contribution >= 4 is 15.8 Å². The maximum Gasteiger partial charge on any atom is 0.245 e. The van der Waals surface area contributed by atoms with Crippen molar-refractivity contribution in [3.05, 3.63) is 83.7 Å². The van der Waals surface area contributed by atoms with Crippen LogP contribution in [-0.2, 0) is 23.1 Å². The molecule has 3 aromatic rings. The molecule has 3 rings (SSSR count). The number of carbonyl (C=O) groups is 1. The van der Waals surface area contributed by atoms with Gasteiger partial charge in [0.05, 0.1) is 14.2 Å². The summed E-state index contributed by atoms with van der Waals surface area (Å²) in [6, 6.07) is 17.3. The number of benzene rings is 2. The fraction of sp³-hybridized carbons (Fsp3) is 0.217. The first-order chi connectivity index (χ1) is 14.8. The van der Waals surface area contributed by atoms with Crippen LogP contribution in [0.2, 0.25) is 0 Å². The van der Waals surface area contributed by atoms with E-state index in [0.717, 1.165) is 11.1 Å². The Hall–Kier alpha value is -3.23. The summed E-state index contributed by atoms with van der Waals surface area (Å²) in [4.78, 5) is 15.5. The lowest BCUT2D eigenvalue weighted by atomic mass is 10.2. The maximum atomic E-state index is 13.4. The normalized spacial score (nSPS) is 11.4. The van der Waals surface area contributed by atoms with E-state index in [9.17, 15) is 13.2 Å². The predicted molar refractivity (Wildman–Crippen MR) is 117 cm³/mol. The summed E-state index contributed by atoms with van der Waals surface area (Å²) in [6.45, 7) is 1.70. The second kappa shape index (κ2) is 9.72. The van der Waals surface area contributed by atoms with Crippen LogP contribution in [0.25, 0.3) is 0 Å². The first-order valence-corrected chi connectivity index (χ1v) is 11.0. The van der Waals surface area contributed by atoms with Crippen LogP contribution in [-0.4, -0.2) is 37.7 Å². The van der Waals surface area contributed by atoms with Gasteiger partial charge in [-0.15, -0.1) is 0 Å². The van der Waals surface area contributed by atoms with E-state index in [-0.39, 0.29) is 29.5 Å². The van der Waals surface area contributed by atoms with Crippen molar-refractivity contribution in [1.82, 2.24) is 9.29 Å². The van der Waals surface area contributed by atoms with Gasteiger partial charge in [-0.25, -0.2) is 8.42 Å². The number of pyridine rings is 1. The van der Waals surface area contributed by atoms with Crippen molar-refractivity contribution in [3.63, 3.8) is 0 Å². The Morgan fingerprint density at radius 2 is 1.32 bits per heavy atom. The second-order valence-corrected chi connectivity index (χ2v) is 8.84. The Labute approximate surface area is 182 Å². The number of rotatable bonds is 9. The van der Waals surface area contributed by atoms with E-state index in [2.05, 4.69) is 4.98 Å². The molecule has 7 nitrogen and oxygen atoms in total. The second-order valence-electron chi connectivity index (χ2n) is 6.90. The Bertz CT molecular complexity index is 1080. The molecule has 0 unspecified atom stereocenters. The molecule has 1 aromatic heterocycles. The number of sulfonamides is 1. The van der Waals surface area contributed by atoms with Gasteiger partial charge in [0.15, 0.2) is 5.78 Å². The van der Waals surface area contributed by atoms with Crippen molar-refractivity contribution in [2.45, 2.75) is 24.9 Å². The van der Waals surface area contributed by atoms with Crippen LogP contribution >= 0.6 is 0 Å². The summed E-state index contributed by atoms with van der Waals surface area (Å²) < 4.78 is 38.6. The smallest absolute Gasteiger partial charge is 0.245 e. The van der Waals surface area contributed by atoms with Crippen LogP contribution < -0.4 is 9.47 Å². The monoisotopic (exact) mass is 440 g/mol. The van der Waals surface area contributed by atoms with Crippen molar-refractivity contribution in [2.24, 2.45) is 0 Å². The standard InChI is InChI=1S/C23H24N2O5S/c1-17(26)23-13-12-22(14-24-23)31(27,28)25(15-18-4-8-20(29-2)9-5-18)16-19-6-10-21(30-3)11-7-19/h4-14H,15-16H2,1-3H3. The fourth-order valence-corrected chi connectivity index (χ4v) is 4.35. The lowest BCUT2D eigenvalue weighted by molar-refractivity contribution is 0.101. The summed E-state index contributed by atoms with van der Waals surface area (Å²) in [5, 5.41) is 0. The van der Waals surface area contributed by atoms with Gasteiger partial charge in [-0.05, 0) is 47.5 Å². The summed E-state index contributed by atoms with van der Waals surface area (Å²) in [5.74, 6) is 1.16. The minimum atomic E-state index is -3.87. The molecule has 162 valence electrons. The van der Waals surface area contributed by atoms with Gasteiger partial charge in [0, 0.05) is 26.2 Å². The molecule has 0 aliphatic rings. The van der Waals surface area contributed by atoms with Gasteiger partial charge in [-0.2, -0.15) is 4.31 Å². The van der Waals surface area contributed by atoms with E-state index in [4.69, 9.17) is 9.47 Å². The van der Waals surface area contributed by atoms with Crippen LogP contribution in [0, 0.1) is 0 Å². The van der Waals surface area contributed by atoms with Crippen LogP contribution in [0.5, 0.6) is 11.5 Å². The summed E-state index contributed by atoms with van der Waals surface area (Å²) in [5.41, 5.74) is 1.84. The number of methoxy groups -OCH3 is 2. The third-order valence-electron chi connectivity index (χ3n) is 4.77. The van der Waals surface area contributed by atoms with Crippen molar-refractivity contribution in [2.75, 3.05) is 14.2 Å². The minimum Gasteiger partial charge on any atom is -0.497 e. The van der Waals surface area contributed by atoms with Gasteiger partial charge >= 0.3 is 0 Å². The Morgan fingerprint density at radius 3 is 1.68 bits per heavy atom. The molecule has 0 bridgehead atoms. The first-order valence-electron chi connectivity index (χ1n) is 9.56. The van der Waals surface area contributed by atoms with Crippen LogP contribution in [0.4, 0.5) is 0 Å². The highest BCUT2D eigenvalue weighted by molar-refractivity contribution is 7.89. The van der Waals surface area contributed by atoms with Crippen LogP contribution in [0.15, 0.2) is 71.8 Å². The highest BCUT2D eigenvalue weighted by Gasteiger charge is 2.26. The summed E-state index contributed by atoms with van der Waals surface area (Å²) >= 11 is 0. The van der Waals surface area contributed by atoms with Crippen molar-refractivity contribution in [1.29, 1.82) is 0 Å². The minimum absolute atomic E-state index is 0.0273. The molecule has 8 heteroatoms. The van der Waals surface area contributed by atoms with E-state index in [0.29, 0.717) is 11.5 Å². The maximum absolute atomic E-state index is 13.4. The number of nitrogens with zero attached hydrogens (tertiary/aromatic N) is 2. The highest BCUT2D eigenvalue weighted by atomic mass is 32.2. The van der Waals surface area contributed by atoms with Gasteiger partial charge in [-0.3, -0.25) is 9.78 Å². The topological polar surface area (TPSA) is 85.8 Å². The van der Waals surface area contributed by atoms with E-state index in [1.54, 1.807) is 38.5 Å². The average Bonchev–Trinajstić information content (AvgIpc) is 2.79. The third-order valence-corrected chi connectivity index (χ3v) is 6.55. The number of carbonyl (C=O) groups excluding carboxylic acids is 1. The molecule has 31 heavy (non-hydrogen) atoms. The number of hydrogen-bond donors (Lipinski definition) is 0. The van der Waals surface area contributed by atoms with E-state index < -0.39 is 10.0 Å². The zero-order valence-corrected chi connectivity index (χ0v) is 18.4. The Morgan fingerprint density at radius 1 is 0.839 bits per heavy atom. The average molecular weight is 441 g/mol. The number of ketones is 1. The number of ether oxygens (including phenoxy) is 2. The van der Waals surface area contributed by atoms with Gasteiger partial charge in [-0.1, -0.05) is 24.3 Å². The van der Waals surface area contributed by atoms with Crippen LogP contribution in [0.3, 0.4) is 0 Å². The zero-order chi connectivity index (χ0) is 22.4. The molecule has 0 radical (unpaired) electrons. The van der Waals surface area contributed by atoms with Crippen molar-refractivity contribution < 1.29 is 22.7 Å².